The molecule has 2 N–H and O–H groups in total. The second-order valence-corrected chi connectivity index (χ2v) is 5.09. The molecule has 3 rings (SSSR count). The van der Waals surface area contributed by atoms with Gasteiger partial charge in [0.1, 0.15) is 5.75 Å². The molecule has 0 fully saturated rings. The molecule has 0 saturated heterocycles. The number of thiophene rings is 1. The van der Waals surface area contributed by atoms with Crippen molar-refractivity contribution in [2.75, 3.05) is 5.32 Å². The molecule has 1 heterocycles. The molecule has 94 valence electrons. The van der Waals surface area contributed by atoms with Crippen molar-refractivity contribution in [3.05, 3.63) is 59.5 Å². The highest BCUT2D eigenvalue weighted by Gasteiger charge is 2.10. The van der Waals surface area contributed by atoms with Crippen molar-refractivity contribution in [3.63, 3.8) is 0 Å². The molecule has 0 spiro atoms. The number of amides is 1. The van der Waals surface area contributed by atoms with Gasteiger partial charge in [0.2, 0.25) is 0 Å². The quantitative estimate of drug-likeness (QED) is 0.742. The standard InChI is InChI=1S/C15H11NO2S/c17-13-4-2-1-3-12(13)15(18)16-11-5-6-14-10(9-11)7-8-19-14/h1-9,17H,(H,16,18). The van der Waals surface area contributed by atoms with E-state index in [1.807, 2.05) is 29.6 Å². The van der Waals surface area contributed by atoms with Crippen LogP contribution >= 0.6 is 11.3 Å². The molecule has 1 aromatic heterocycles. The number of para-hydroxylation sites is 1. The lowest BCUT2D eigenvalue weighted by Gasteiger charge is -2.06. The fourth-order valence-corrected chi connectivity index (χ4v) is 2.68. The highest BCUT2D eigenvalue weighted by atomic mass is 32.1. The summed E-state index contributed by atoms with van der Waals surface area (Å²) < 4.78 is 1.18. The maximum Gasteiger partial charge on any atom is 0.259 e. The predicted octanol–water partition coefficient (Wildman–Crippen LogP) is 3.86. The van der Waals surface area contributed by atoms with Crippen LogP contribution in [0.25, 0.3) is 10.1 Å². The van der Waals surface area contributed by atoms with Gasteiger partial charge in [-0.15, -0.1) is 11.3 Å². The summed E-state index contributed by atoms with van der Waals surface area (Å²) in [4.78, 5) is 12.0. The Morgan fingerprint density at radius 1 is 1.11 bits per heavy atom. The van der Waals surface area contributed by atoms with Gasteiger partial charge in [-0.05, 0) is 47.2 Å². The summed E-state index contributed by atoms with van der Waals surface area (Å²) in [6, 6.07) is 14.3. The van der Waals surface area contributed by atoms with Gasteiger partial charge in [-0.3, -0.25) is 4.79 Å². The van der Waals surface area contributed by atoms with E-state index in [-0.39, 0.29) is 17.2 Å². The fourth-order valence-electron chi connectivity index (χ4n) is 1.91. The molecule has 0 aliphatic carbocycles. The topological polar surface area (TPSA) is 49.3 Å². The average Bonchev–Trinajstić information content (AvgIpc) is 2.86. The molecule has 0 atom stereocenters. The van der Waals surface area contributed by atoms with Gasteiger partial charge >= 0.3 is 0 Å². The molecule has 2 aromatic carbocycles. The minimum Gasteiger partial charge on any atom is -0.507 e. The van der Waals surface area contributed by atoms with Crippen LogP contribution in [0.4, 0.5) is 5.69 Å². The zero-order chi connectivity index (χ0) is 13.2. The van der Waals surface area contributed by atoms with Gasteiger partial charge in [-0.2, -0.15) is 0 Å². The van der Waals surface area contributed by atoms with E-state index in [0.717, 1.165) is 11.1 Å². The molecule has 3 nitrogen and oxygen atoms in total. The molecule has 0 bridgehead atoms. The van der Waals surface area contributed by atoms with E-state index >= 15 is 0 Å². The normalized spacial score (nSPS) is 10.5. The van der Waals surface area contributed by atoms with Crippen LogP contribution in [0.5, 0.6) is 5.75 Å². The molecule has 19 heavy (non-hydrogen) atoms. The summed E-state index contributed by atoms with van der Waals surface area (Å²) in [5, 5.41) is 15.5. The van der Waals surface area contributed by atoms with Gasteiger partial charge in [0.25, 0.3) is 5.91 Å². The van der Waals surface area contributed by atoms with Gasteiger partial charge in [0.15, 0.2) is 0 Å². The number of rotatable bonds is 2. The van der Waals surface area contributed by atoms with Crippen molar-refractivity contribution in [1.29, 1.82) is 0 Å². The smallest absolute Gasteiger partial charge is 0.259 e. The van der Waals surface area contributed by atoms with Crippen molar-refractivity contribution in [3.8, 4) is 5.75 Å². The molecule has 0 unspecified atom stereocenters. The van der Waals surface area contributed by atoms with Crippen LogP contribution in [-0.2, 0) is 0 Å². The number of carbonyl (C=O) groups excluding carboxylic acids is 1. The minimum atomic E-state index is -0.312. The Hall–Kier alpha value is -2.33. The van der Waals surface area contributed by atoms with E-state index in [1.54, 1.807) is 29.5 Å². The Balaban J connectivity index is 1.88. The summed E-state index contributed by atoms with van der Waals surface area (Å²) in [5.74, 6) is -0.329. The van der Waals surface area contributed by atoms with Crippen LogP contribution in [0.1, 0.15) is 10.4 Å². The molecular formula is C15H11NO2S. The first-order chi connectivity index (χ1) is 9.24. The van der Waals surface area contributed by atoms with E-state index in [9.17, 15) is 9.90 Å². The third-order valence-electron chi connectivity index (χ3n) is 2.86. The summed E-state index contributed by atoms with van der Waals surface area (Å²) in [6.07, 6.45) is 0. The van der Waals surface area contributed by atoms with Gasteiger partial charge in [0.05, 0.1) is 5.56 Å². The number of phenols is 1. The van der Waals surface area contributed by atoms with Crippen LogP contribution in [0.15, 0.2) is 53.9 Å². The Bertz CT molecular complexity index is 748. The van der Waals surface area contributed by atoms with E-state index in [4.69, 9.17) is 0 Å². The Kier molecular flexibility index (Phi) is 2.93. The lowest BCUT2D eigenvalue weighted by Crippen LogP contribution is -2.11. The Labute approximate surface area is 114 Å². The number of nitrogens with one attached hydrogen (secondary N) is 1. The zero-order valence-electron chi connectivity index (χ0n) is 9.96. The molecule has 4 heteroatoms. The minimum absolute atomic E-state index is 0.0170. The first-order valence-electron chi connectivity index (χ1n) is 5.80. The maximum absolute atomic E-state index is 12.0. The largest absolute Gasteiger partial charge is 0.507 e. The molecule has 0 saturated carbocycles. The van der Waals surface area contributed by atoms with Crippen molar-refractivity contribution in [2.24, 2.45) is 0 Å². The highest BCUT2D eigenvalue weighted by molar-refractivity contribution is 7.17. The lowest BCUT2D eigenvalue weighted by molar-refractivity contribution is 0.102. The third-order valence-corrected chi connectivity index (χ3v) is 3.76. The second-order valence-electron chi connectivity index (χ2n) is 4.14. The Morgan fingerprint density at radius 2 is 1.95 bits per heavy atom. The molecule has 0 aliphatic rings. The number of hydrogen-bond acceptors (Lipinski definition) is 3. The van der Waals surface area contributed by atoms with E-state index < -0.39 is 0 Å². The first kappa shape index (κ1) is 11.7. The SMILES string of the molecule is O=C(Nc1ccc2sccc2c1)c1ccccc1O. The molecule has 3 aromatic rings. The predicted molar refractivity (Wildman–Crippen MR) is 77.9 cm³/mol. The van der Waals surface area contributed by atoms with Gasteiger partial charge in [-0.25, -0.2) is 0 Å². The van der Waals surface area contributed by atoms with Gasteiger partial charge < -0.3 is 10.4 Å². The van der Waals surface area contributed by atoms with Crippen LogP contribution in [0, 0.1) is 0 Å². The number of anilines is 1. The zero-order valence-corrected chi connectivity index (χ0v) is 10.8. The van der Waals surface area contributed by atoms with Gasteiger partial charge in [-0.1, -0.05) is 12.1 Å². The number of hydrogen-bond donors (Lipinski definition) is 2. The second kappa shape index (κ2) is 4.74. The number of benzene rings is 2. The number of fused-ring (bicyclic) bond motifs is 1. The third kappa shape index (κ3) is 2.30. The van der Waals surface area contributed by atoms with Crippen LogP contribution in [0.3, 0.4) is 0 Å². The summed E-state index contributed by atoms with van der Waals surface area (Å²) >= 11 is 1.66. The van der Waals surface area contributed by atoms with Crippen LogP contribution in [0.2, 0.25) is 0 Å². The highest BCUT2D eigenvalue weighted by Crippen LogP contribution is 2.25. The van der Waals surface area contributed by atoms with Crippen LogP contribution < -0.4 is 5.32 Å². The Morgan fingerprint density at radius 3 is 2.79 bits per heavy atom. The van der Waals surface area contributed by atoms with Crippen LogP contribution in [-0.4, -0.2) is 11.0 Å². The van der Waals surface area contributed by atoms with Gasteiger partial charge in [0, 0.05) is 10.4 Å². The van der Waals surface area contributed by atoms with E-state index in [2.05, 4.69) is 5.32 Å². The summed E-state index contributed by atoms with van der Waals surface area (Å²) in [7, 11) is 0. The number of phenolic OH excluding ortho intramolecular Hbond substituents is 1. The maximum atomic E-state index is 12.0. The van der Waals surface area contributed by atoms with E-state index in [0.29, 0.717) is 0 Å². The van der Waals surface area contributed by atoms with Crippen molar-refractivity contribution in [1.82, 2.24) is 0 Å². The fraction of sp³-hybridized carbons (Fsp3) is 0. The molecule has 0 aliphatic heterocycles. The number of carbonyl (C=O) groups is 1. The summed E-state index contributed by atoms with van der Waals surface area (Å²) in [6.45, 7) is 0. The lowest BCUT2D eigenvalue weighted by atomic mass is 10.2. The summed E-state index contributed by atoms with van der Waals surface area (Å²) in [5.41, 5.74) is 0.993. The molecule has 1 amide bonds. The monoisotopic (exact) mass is 269 g/mol. The van der Waals surface area contributed by atoms with Crippen molar-refractivity contribution >= 4 is 33.0 Å². The van der Waals surface area contributed by atoms with Crippen molar-refractivity contribution < 1.29 is 9.90 Å². The van der Waals surface area contributed by atoms with Crippen molar-refractivity contribution in [2.45, 2.75) is 0 Å². The molecular weight excluding hydrogens is 258 g/mol. The molecule has 0 radical (unpaired) electrons. The average molecular weight is 269 g/mol. The first-order valence-corrected chi connectivity index (χ1v) is 6.68. The van der Waals surface area contributed by atoms with E-state index in [1.165, 1.54) is 10.8 Å². The number of aromatic hydroxyl groups is 1.